The van der Waals surface area contributed by atoms with Gasteiger partial charge in [0, 0.05) is 42.0 Å². The van der Waals surface area contributed by atoms with Crippen molar-refractivity contribution in [2.24, 2.45) is 0 Å². The fourth-order valence-corrected chi connectivity index (χ4v) is 3.65. The molecule has 0 amide bonds. The molecule has 0 saturated heterocycles. The van der Waals surface area contributed by atoms with Gasteiger partial charge in [0.15, 0.2) is 0 Å². The maximum Gasteiger partial charge on any atom is 0.120 e. The van der Waals surface area contributed by atoms with Crippen LogP contribution in [0.2, 0.25) is 0 Å². The number of pyridine rings is 2. The number of furan rings is 1. The Hall–Kier alpha value is -3.59. The number of hydrogen-bond acceptors (Lipinski definition) is 3. The van der Waals surface area contributed by atoms with E-state index in [2.05, 4.69) is 28.2 Å². The zero-order chi connectivity index (χ0) is 25.1. The number of aromatic nitrogens is 2. The Morgan fingerprint density at radius 1 is 0.794 bits per heavy atom. The fraction of sp³-hybridized carbons (Fsp3) is 0.0667. The molecule has 0 N–H and O–H groups in total. The summed E-state index contributed by atoms with van der Waals surface area (Å²) in [7, 11) is 0. The van der Waals surface area contributed by atoms with Crippen LogP contribution < -0.4 is 0 Å². The van der Waals surface area contributed by atoms with Crippen molar-refractivity contribution in [2.45, 2.75) is 13.8 Å². The van der Waals surface area contributed by atoms with Crippen LogP contribution in [0, 0.1) is 25.9 Å². The van der Waals surface area contributed by atoms with Gasteiger partial charge in [-0.2, -0.15) is 0 Å². The van der Waals surface area contributed by atoms with Gasteiger partial charge in [-0.1, -0.05) is 52.9 Å². The molecule has 169 valence electrons. The molecule has 0 aliphatic rings. The van der Waals surface area contributed by atoms with Gasteiger partial charge in [0.1, 0.15) is 5.58 Å². The zero-order valence-corrected chi connectivity index (χ0v) is 20.8. The molecule has 0 spiro atoms. The number of benzene rings is 3. The van der Waals surface area contributed by atoms with Crippen molar-refractivity contribution in [1.29, 1.82) is 0 Å². The first-order valence-corrected chi connectivity index (χ1v) is 10.6. The molecule has 6 aromatic rings. The smallest absolute Gasteiger partial charge is 0.120 e. The molecular formula is C30H22IrN2O-2. The number of para-hydroxylation sites is 1. The van der Waals surface area contributed by atoms with Gasteiger partial charge >= 0.3 is 0 Å². The largest absolute Gasteiger partial charge is 0.501 e. The Morgan fingerprint density at radius 2 is 1.65 bits per heavy atom. The van der Waals surface area contributed by atoms with E-state index in [1.165, 1.54) is 6.20 Å². The van der Waals surface area contributed by atoms with Crippen LogP contribution in [0.15, 0.2) is 102 Å². The molecule has 1 radical (unpaired) electrons. The average Bonchev–Trinajstić information content (AvgIpc) is 3.28. The molecule has 3 nitrogen and oxygen atoms in total. The van der Waals surface area contributed by atoms with Crippen LogP contribution in [0.25, 0.3) is 44.5 Å². The first-order valence-electron chi connectivity index (χ1n) is 12.1. The number of hydrogen-bond donors (Lipinski definition) is 0. The minimum Gasteiger partial charge on any atom is -0.501 e. The van der Waals surface area contributed by atoms with Crippen molar-refractivity contribution in [3.8, 4) is 22.5 Å². The molecule has 3 aromatic carbocycles. The summed E-state index contributed by atoms with van der Waals surface area (Å²) < 4.78 is 28.1. The van der Waals surface area contributed by atoms with Gasteiger partial charge in [-0.05, 0) is 42.9 Å². The summed E-state index contributed by atoms with van der Waals surface area (Å²) in [5.74, 6) is 0. The summed E-state index contributed by atoms with van der Waals surface area (Å²) in [6.45, 7) is -0.314. The number of aryl methyl sites for hydroxylation is 2. The van der Waals surface area contributed by atoms with Gasteiger partial charge in [-0.15, -0.1) is 54.1 Å². The summed E-state index contributed by atoms with van der Waals surface area (Å²) in [6.07, 6.45) is 3.21. The SMILES string of the molecule is [2H]C([2H])([2H])c1cnc(-c2[c-]cccc2)cc1C.[Ir].[c-]1ccc2c(oc3ccccc32)c1-c1ccccn1. The quantitative estimate of drug-likeness (QED) is 0.187. The van der Waals surface area contributed by atoms with E-state index in [-0.39, 0.29) is 20.1 Å². The van der Waals surface area contributed by atoms with Gasteiger partial charge in [0.05, 0.1) is 5.58 Å². The van der Waals surface area contributed by atoms with Crippen LogP contribution in [-0.2, 0) is 20.1 Å². The minimum absolute atomic E-state index is 0. The Balaban J connectivity index is 0.000000170. The normalized spacial score (nSPS) is 12.1. The Morgan fingerprint density at radius 3 is 2.41 bits per heavy atom. The maximum absolute atomic E-state index is 7.37. The molecule has 3 aromatic heterocycles. The third-order valence-electron chi connectivity index (χ3n) is 5.36. The van der Waals surface area contributed by atoms with Crippen molar-refractivity contribution in [1.82, 2.24) is 9.97 Å². The third kappa shape index (κ3) is 4.84. The van der Waals surface area contributed by atoms with Gasteiger partial charge < -0.3 is 14.4 Å². The first kappa shape index (κ1) is 19.8. The van der Waals surface area contributed by atoms with Crippen LogP contribution >= 0.6 is 0 Å². The molecule has 3 heterocycles. The monoisotopic (exact) mass is 622 g/mol. The van der Waals surface area contributed by atoms with E-state index < -0.39 is 6.85 Å². The van der Waals surface area contributed by atoms with E-state index in [9.17, 15) is 0 Å². The van der Waals surface area contributed by atoms with Gasteiger partial charge in [0.25, 0.3) is 0 Å². The van der Waals surface area contributed by atoms with E-state index in [0.717, 1.165) is 50.0 Å². The topological polar surface area (TPSA) is 38.9 Å². The third-order valence-corrected chi connectivity index (χ3v) is 5.36. The average molecular weight is 622 g/mol. The first-order chi connectivity index (χ1) is 17.4. The van der Waals surface area contributed by atoms with Crippen LogP contribution in [0.4, 0.5) is 0 Å². The molecule has 6 rings (SSSR count). The van der Waals surface area contributed by atoms with E-state index >= 15 is 0 Å². The summed E-state index contributed by atoms with van der Waals surface area (Å²) >= 11 is 0. The molecule has 0 bridgehead atoms. The van der Waals surface area contributed by atoms with Crippen LogP contribution in [0.1, 0.15) is 15.2 Å². The Kier molecular flexibility index (Phi) is 6.16. The van der Waals surface area contributed by atoms with E-state index in [1.54, 1.807) is 19.2 Å². The second kappa shape index (κ2) is 10.6. The second-order valence-electron chi connectivity index (χ2n) is 7.57. The second-order valence-corrected chi connectivity index (χ2v) is 7.57. The number of fused-ring (bicyclic) bond motifs is 3. The van der Waals surface area contributed by atoms with Crippen molar-refractivity contribution in [2.75, 3.05) is 0 Å². The van der Waals surface area contributed by atoms with Crippen molar-refractivity contribution in [3.05, 3.63) is 121 Å². The number of nitrogens with zero attached hydrogens (tertiary/aromatic N) is 2. The molecule has 0 unspecified atom stereocenters. The fourth-order valence-electron chi connectivity index (χ4n) is 3.65. The van der Waals surface area contributed by atoms with Crippen LogP contribution in [0.5, 0.6) is 0 Å². The Labute approximate surface area is 217 Å². The predicted molar refractivity (Wildman–Crippen MR) is 134 cm³/mol. The van der Waals surface area contributed by atoms with Gasteiger partial charge in [-0.3, -0.25) is 0 Å². The molecule has 0 aliphatic carbocycles. The standard InChI is InChI=1S/C17H10NO.C13H12N.Ir/c1-2-10-16-12(6-1)13-7-5-8-14(17(13)19-16)15-9-3-4-11-18-15;1-10-8-13(14-9-11(10)2)12-6-4-3-5-7-12;/h1-7,9-11H;3-6,8-9H,1-2H3;/q2*-1;/i;2D3;. The van der Waals surface area contributed by atoms with Gasteiger partial charge in [-0.25, -0.2) is 0 Å². The molecule has 0 aliphatic heterocycles. The summed E-state index contributed by atoms with van der Waals surface area (Å²) in [4.78, 5) is 8.56. The number of rotatable bonds is 2. The van der Waals surface area contributed by atoms with E-state index in [1.807, 2.05) is 72.8 Å². The molecule has 34 heavy (non-hydrogen) atoms. The molecule has 4 heteroatoms. The van der Waals surface area contributed by atoms with E-state index in [0.29, 0.717) is 5.56 Å². The Bertz CT molecular complexity index is 1630. The molecule has 0 fully saturated rings. The van der Waals surface area contributed by atoms with Crippen molar-refractivity contribution in [3.63, 3.8) is 0 Å². The van der Waals surface area contributed by atoms with Crippen LogP contribution in [-0.4, -0.2) is 9.97 Å². The molecular weight excluding hydrogens is 597 g/mol. The predicted octanol–water partition coefficient (Wildman–Crippen LogP) is 7.61. The molecule has 0 saturated carbocycles. The van der Waals surface area contributed by atoms with Crippen molar-refractivity contribution >= 4 is 21.9 Å². The minimum atomic E-state index is -2.10. The maximum atomic E-state index is 7.37. The summed E-state index contributed by atoms with van der Waals surface area (Å²) in [6, 6.07) is 33.4. The summed E-state index contributed by atoms with van der Waals surface area (Å²) in [5, 5.41) is 2.23. The zero-order valence-electron chi connectivity index (χ0n) is 21.4. The summed E-state index contributed by atoms with van der Waals surface area (Å²) in [5.41, 5.74) is 6.19. The van der Waals surface area contributed by atoms with E-state index in [4.69, 9.17) is 8.53 Å². The van der Waals surface area contributed by atoms with Crippen LogP contribution in [0.3, 0.4) is 0 Å². The van der Waals surface area contributed by atoms with Crippen molar-refractivity contribution < 1.29 is 28.6 Å². The van der Waals surface area contributed by atoms with Gasteiger partial charge in [0.2, 0.25) is 0 Å². The molecule has 0 atom stereocenters.